The molecule has 1 aromatic heterocycles. The third-order valence-electron chi connectivity index (χ3n) is 5.35. The maximum atomic E-state index is 13.0. The Hall–Kier alpha value is -5.05. The van der Waals surface area contributed by atoms with E-state index in [-0.39, 0.29) is 5.91 Å². The second kappa shape index (κ2) is 9.84. The minimum atomic E-state index is -0.911. The Balaban J connectivity index is 1.40. The van der Waals surface area contributed by atoms with Crippen LogP contribution in [0.5, 0.6) is 0 Å². The van der Waals surface area contributed by atoms with Crippen molar-refractivity contribution >= 4 is 35.2 Å². The van der Waals surface area contributed by atoms with E-state index in [0.717, 1.165) is 22.4 Å². The predicted octanol–water partition coefficient (Wildman–Crippen LogP) is 4.27. The molecule has 0 aliphatic carbocycles. The van der Waals surface area contributed by atoms with Gasteiger partial charge in [-0.1, -0.05) is 48.5 Å². The molecule has 2 heterocycles. The number of benzene rings is 3. The lowest BCUT2D eigenvalue weighted by Gasteiger charge is -2.12. The fraction of sp³-hybridized carbons (Fsp3) is 0.0385. The van der Waals surface area contributed by atoms with Gasteiger partial charge in [0.05, 0.1) is 11.4 Å². The number of benzodiazepines with no additional fused rings is 1. The third kappa shape index (κ3) is 4.83. The van der Waals surface area contributed by atoms with Crippen LogP contribution in [0.4, 0.5) is 17.3 Å². The van der Waals surface area contributed by atoms with Crippen molar-refractivity contribution in [2.75, 3.05) is 16.0 Å². The maximum Gasteiger partial charge on any atom is 0.269 e. The highest BCUT2D eigenvalue weighted by molar-refractivity contribution is 6.19. The van der Waals surface area contributed by atoms with Gasteiger partial charge in [0.2, 0.25) is 12.1 Å². The quantitative estimate of drug-likeness (QED) is 0.262. The van der Waals surface area contributed by atoms with Gasteiger partial charge in [0.25, 0.3) is 5.91 Å². The Morgan fingerprint density at radius 1 is 0.886 bits per heavy atom. The first-order chi connectivity index (χ1) is 17.2. The lowest BCUT2D eigenvalue weighted by molar-refractivity contribution is -0.116. The van der Waals surface area contributed by atoms with Crippen molar-refractivity contribution in [2.24, 2.45) is 4.99 Å². The van der Waals surface area contributed by atoms with Gasteiger partial charge in [0.1, 0.15) is 0 Å². The number of aromatic nitrogens is 3. The highest BCUT2D eigenvalue weighted by Gasteiger charge is 2.26. The molecule has 35 heavy (non-hydrogen) atoms. The number of aromatic amines is 1. The van der Waals surface area contributed by atoms with Crippen LogP contribution in [-0.4, -0.2) is 39.2 Å². The first-order valence-electron chi connectivity index (χ1n) is 11.0. The van der Waals surface area contributed by atoms with Crippen LogP contribution in [0.15, 0.2) is 96.1 Å². The number of carbonyl (C=O) groups excluding carboxylic acids is 1. The molecule has 1 amide bonds. The minimum absolute atomic E-state index is 0.297. The standard InChI is InChI=1S/C26H22N8O/c27-15-6-16-28-19-13-11-18(12-14-19)23-31-26(34-33-23)32-24-25(35)29-21-10-5-4-9-20(21)22(30-24)17-7-2-1-3-8-17/h1-16,24,27-28H,(H,29,35)(H2,31,32,33,34)/b16-6-,27-15?. The third-order valence-corrected chi connectivity index (χ3v) is 5.35. The first-order valence-corrected chi connectivity index (χ1v) is 11.0. The summed E-state index contributed by atoms with van der Waals surface area (Å²) in [5, 5.41) is 24.5. The molecular weight excluding hydrogens is 440 g/mol. The number of aliphatic imine (C=N–C) groups is 1. The number of allylic oxidation sites excluding steroid dienone is 1. The number of rotatable bonds is 7. The second-order valence-electron chi connectivity index (χ2n) is 7.70. The van der Waals surface area contributed by atoms with Gasteiger partial charge in [0, 0.05) is 34.8 Å². The van der Waals surface area contributed by atoms with Crippen molar-refractivity contribution in [1.82, 2.24) is 15.2 Å². The first kappa shape index (κ1) is 21.8. The molecule has 4 aromatic rings. The number of anilines is 3. The zero-order chi connectivity index (χ0) is 24.0. The van der Waals surface area contributed by atoms with Gasteiger partial charge in [-0.05, 0) is 36.4 Å². The van der Waals surface area contributed by atoms with Gasteiger partial charge in [-0.15, -0.1) is 10.2 Å². The Morgan fingerprint density at radius 2 is 1.66 bits per heavy atom. The lowest BCUT2D eigenvalue weighted by Crippen LogP contribution is -2.33. The molecule has 9 heteroatoms. The highest BCUT2D eigenvalue weighted by Crippen LogP contribution is 2.25. The number of amides is 1. The Labute approximate surface area is 201 Å². The molecule has 0 spiro atoms. The Kier molecular flexibility index (Phi) is 6.12. The number of nitrogens with one attached hydrogen (secondary N) is 5. The molecule has 9 nitrogen and oxygen atoms in total. The SMILES string of the molecule is N=C/C=C\Nc1ccc(-c2nnc(NC3N=C(c4ccccc4)c4ccccc4NC3=O)[nH]2)cc1. The van der Waals surface area contributed by atoms with Crippen LogP contribution in [0.3, 0.4) is 0 Å². The number of fused-ring (bicyclic) bond motifs is 1. The molecule has 1 aliphatic heterocycles. The summed E-state index contributed by atoms with van der Waals surface area (Å²) in [4.78, 5) is 20.9. The largest absolute Gasteiger partial charge is 0.362 e. The molecule has 0 saturated heterocycles. The van der Waals surface area contributed by atoms with Crippen molar-refractivity contribution in [1.29, 1.82) is 5.41 Å². The summed E-state index contributed by atoms with van der Waals surface area (Å²) in [5.41, 5.74) is 4.87. The summed E-state index contributed by atoms with van der Waals surface area (Å²) in [7, 11) is 0. The number of hydrogen-bond acceptors (Lipinski definition) is 7. The summed E-state index contributed by atoms with van der Waals surface area (Å²) in [6.07, 6.45) is 3.56. The van der Waals surface area contributed by atoms with Crippen molar-refractivity contribution in [3.05, 3.63) is 102 Å². The molecule has 0 saturated carbocycles. The molecule has 1 aliphatic rings. The topological polar surface area (TPSA) is 131 Å². The molecule has 0 bridgehead atoms. The van der Waals surface area contributed by atoms with E-state index in [1.807, 2.05) is 78.9 Å². The number of para-hydroxylation sites is 1. The monoisotopic (exact) mass is 462 g/mol. The van der Waals surface area contributed by atoms with Gasteiger partial charge in [-0.3, -0.25) is 4.79 Å². The van der Waals surface area contributed by atoms with Gasteiger partial charge in [0.15, 0.2) is 5.82 Å². The molecule has 5 rings (SSSR count). The number of H-pyrrole nitrogens is 1. The fourth-order valence-electron chi connectivity index (χ4n) is 3.68. The van der Waals surface area contributed by atoms with Gasteiger partial charge >= 0.3 is 0 Å². The van der Waals surface area contributed by atoms with Crippen molar-refractivity contribution < 1.29 is 4.79 Å². The number of hydrogen-bond donors (Lipinski definition) is 5. The molecule has 0 fully saturated rings. The number of carbonyl (C=O) groups is 1. The molecular formula is C26H22N8O. The van der Waals surface area contributed by atoms with Crippen molar-refractivity contribution in [3.8, 4) is 11.4 Å². The molecule has 1 unspecified atom stereocenters. The van der Waals surface area contributed by atoms with Crippen LogP contribution in [0, 0.1) is 5.41 Å². The van der Waals surface area contributed by atoms with E-state index in [1.54, 1.807) is 12.3 Å². The van der Waals surface area contributed by atoms with Crippen molar-refractivity contribution in [3.63, 3.8) is 0 Å². The van der Waals surface area contributed by atoms with E-state index >= 15 is 0 Å². The van der Waals surface area contributed by atoms with Gasteiger partial charge in [-0.25, -0.2) is 4.99 Å². The van der Waals surface area contributed by atoms with Crippen LogP contribution in [0.25, 0.3) is 11.4 Å². The van der Waals surface area contributed by atoms with Crippen molar-refractivity contribution in [2.45, 2.75) is 6.17 Å². The van der Waals surface area contributed by atoms with E-state index in [2.05, 4.69) is 31.1 Å². The average molecular weight is 463 g/mol. The summed E-state index contributed by atoms with van der Waals surface area (Å²) < 4.78 is 0. The summed E-state index contributed by atoms with van der Waals surface area (Å²) >= 11 is 0. The van der Waals surface area contributed by atoms with E-state index in [0.29, 0.717) is 23.2 Å². The van der Waals surface area contributed by atoms with Crippen LogP contribution in [-0.2, 0) is 4.79 Å². The molecule has 5 N–H and O–H groups in total. The fourth-order valence-corrected chi connectivity index (χ4v) is 3.68. The molecule has 3 aromatic carbocycles. The van der Waals surface area contributed by atoms with E-state index in [9.17, 15) is 4.79 Å². The summed E-state index contributed by atoms with van der Waals surface area (Å²) in [5.74, 6) is 0.590. The average Bonchev–Trinajstić information content (AvgIpc) is 3.31. The number of nitrogens with zero attached hydrogens (tertiary/aromatic N) is 3. The Morgan fingerprint density at radius 3 is 2.46 bits per heavy atom. The minimum Gasteiger partial charge on any atom is -0.362 e. The summed E-state index contributed by atoms with van der Waals surface area (Å²) in [6.45, 7) is 0. The van der Waals surface area contributed by atoms with E-state index in [1.165, 1.54) is 6.21 Å². The molecule has 172 valence electrons. The van der Waals surface area contributed by atoms with Crippen LogP contribution >= 0.6 is 0 Å². The van der Waals surface area contributed by atoms with E-state index < -0.39 is 6.17 Å². The van der Waals surface area contributed by atoms with Gasteiger partial charge in [-0.2, -0.15) is 0 Å². The highest BCUT2D eigenvalue weighted by atomic mass is 16.2. The predicted molar refractivity (Wildman–Crippen MR) is 138 cm³/mol. The Bertz CT molecular complexity index is 1410. The lowest BCUT2D eigenvalue weighted by atomic mass is 10.0. The van der Waals surface area contributed by atoms with E-state index in [4.69, 9.17) is 10.4 Å². The molecule has 0 radical (unpaired) electrons. The maximum absolute atomic E-state index is 13.0. The summed E-state index contributed by atoms with van der Waals surface area (Å²) in [6, 6.07) is 24.9. The van der Waals surface area contributed by atoms with Gasteiger partial charge < -0.3 is 26.3 Å². The normalized spacial score (nSPS) is 15.0. The van der Waals surface area contributed by atoms with Crippen LogP contribution in [0.2, 0.25) is 0 Å². The zero-order valence-corrected chi connectivity index (χ0v) is 18.6. The zero-order valence-electron chi connectivity index (χ0n) is 18.6. The van der Waals surface area contributed by atoms with Crippen LogP contribution in [0.1, 0.15) is 11.1 Å². The van der Waals surface area contributed by atoms with Crippen LogP contribution < -0.4 is 16.0 Å². The molecule has 1 atom stereocenters. The smallest absolute Gasteiger partial charge is 0.269 e. The second-order valence-corrected chi connectivity index (χ2v) is 7.70.